The highest BCUT2D eigenvalue weighted by Gasteiger charge is 2.58. The zero-order chi connectivity index (χ0) is 19.3. The number of hydrogen-bond donors (Lipinski definition) is 0. The Labute approximate surface area is 164 Å². The largest absolute Gasteiger partial charge is 0.358 e. The maximum absolute atomic E-state index is 13.0. The first-order valence-electron chi connectivity index (χ1n) is 9.61. The second-order valence-corrected chi connectivity index (χ2v) is 7.88. The Balaban J connectivity index is 1.38. The molecule has 2 aliphatic rings. The molecule has 0 unspecified atom stereocenters. The Morgan fingerprint density at radius 3 is 2.32 bits per heavy atom. The molecule has 142 valence electrons. The molecule has 3 aromatic rings. The molecule has 2 fully saturated rings. The number of ketones is 1. The van der Waals surface area contributed by atoms with E-state index in [-0.39, 0.29) is 24.1 Å². The second-order valence-electron chi connectivity index (χ2n) is 7.88. The summed E-state index contributed by atoms with van der Waals surface area (Å²) in [5, 5.41) is 2.17. The molecule has 0 amide bonds. The van der Waals surface area contributed by atoms with Gasteiger partial charge in [-0.3, -0.25) is 4.79 Å². The molecule has 0 bridgehead atoms. The Kier molecular flexibility index (Phi) is 4.09. The minimum atomic E-state index is -0.715. The Morgan fingerprint density at radius 1 is 0.821 bits per heavy atom. The molecular weight excluding hydrogens is 352 g/mol. The van der Waals surface area contributed by atoms with Gasteiger partial charge in [0.05, 0.1) is 0 Å². The van der Waals surface area contributed by atoms with E-state index in [0.29, 0.717) is 5.56 Å². The molecule has 0 radical (unpaired) electrons. The van der Waals surface area contributed by atoms with Crippen molar-refractivity contribution in [2.75, 3.05) is 0 Å². The quantitative estimate of drug-likeness (QED) is 0.491. The molecule has 3 aromatic carbocycles. The van der Waals surface area contributed by atoms with E-state index >= 15 is 0 Å². The van der Waals surface area contributed by atoms with Crippen molar-refractivity contribution in [3.05, 3.63) is 83.9 Å². The van der Waals surface area contributed by atoms with Crippen LogP contribution in [-0.4, -0.2) is 29.9 Å². The average Bonchev–Trinajstić information content (AvgIpc) is 3.44. The molecule has 4 atom stereocenters. The van der Waals surface area contributed by atoms with Gasteiger partial charge in [0.25, 0.3) is 0 Å². The molecule has 4 nitrogen and oxygen atoms in total. The first-order valence-corrected chi connectivity index (χ1v) is 9.61. The lowest BCUT2D eigenvalue weighted by atomic mass is 9.97. The molecule has 2 heterocycles. The normalized spacial score (nSPS) is 28.4. The third kappa shape index (κ3) is 3.14. The van der Waals surface area contributed by atoms with E-state index in [0.717, 1.165) is 16.3 Å². The van der Waals surface area contributed by atoms with Crippen molar-refractivity contribution in [3.63, 3.8) is 0 Å². The number of carbonyl (C=O) groups excluding carboxylic acids is 1. The average molecular weight is 374 g/mol. The summed E-state index contributed by atoms with van der Waals surface area (Å²) in [5.74, 6) is -0.718. The monoisotopic (exact) mass is 374 g/mol. The number of fused-ring (bicyclic) bond motifs is 1. The van der Waals surface area contributed by atoms with Crippen LogP contribution < -0.4 is 0 Å². The van der Waals surface area contributed by atoms with Gasteiger partial charge in [-0.15, -0.1) is 0 Å². The molecule has 5 rings (SSSR count). The lowest BCUT2D eigenvalue weighted by molar-refractivity contribution is -0.148. The van der Waals surface area contributed by atoms with Gasteiger partial charge in [0.2, 0.25) is 0 Å². The zero-order valence-electron chi connectivity index (χ0n) is 15.9. The van der Waals surface area contributed by atoms with Crippen molar-refractivity contribution >= 4 is 16.6 Å². The van der Waals surface area contributed by atoms with Gasteiger partial charge < -0.3 is 14.2 Å². The molecule has 0 aromatic heterocycles. The third-order valence-electron chi connectivity index (χ3n) is 5.40. The van der Waals surface area contributed by atoms with Crippen LogP contribution in [-0.2, 0) is 14.2 Å². The van der Waals surface area contributed by atoms with Gasteiger partial charge >= 0.3 is 0 Å². The molecule has 2 aliphatic heterocycles. The van der Waals surface area contributed by atoms with Gasteiger partial charge in [-0.05, 0) is 36.2 Å². The van der Waals surface area contributed by atoms with Gasteiger partial charge in [-0.25, -0.2) is 0 Å². The summed E-state index contributed by atoms with van der Waals surface area (Å²) in [6.07, 6.45) is -1.36. The van der Waals surface area contributed by atoms with Crippen LogP contribution in [0.3, 0.4) is 0 Å². The van der Waals surface area contributed by atoms with E-state index < -0.39 is 11.9 Å². The zero-order valence-corrected chi connectivity index (χ0v) is 15.9. The van der Waals surface area contributed by atoms with Gasteiger partial charge in [-0.2, -0.15) is 0 Å². The van der Waals surface area contributed by atoms with Crippen LogP contribution in [0.1, 0.15) is 35.9 Å². The van der Waals surface area contributed by atoms with Crippen LogP contribution >= 0.6 is 0 Å². The van der Waals surface area contributed by atoms with Crippen molar-refractivity contribution in [2.24, 2.45) is 0 Å². The van der Waals surface area contributed by atoms with Gasteiger partial charge in [0.15, 0.2) is 11.6 Å². The van der Waals surface area contributed by atoms with Crippen molar-refractivity contribution in [3.8, 4) is 0 Å². The van der Waals surface area contributed by atoms with E-state index in [1.165, 1.54) is 0 Å². The smallest absolute Gasteiger partial charge is 0.194 e. The van der Waals surface area contributed by atoms with Crippen LogP contribution in [0.4, 0.5) is 0 Å². The van der Waals surface area contributed by atoms with E-state index in [1.54, 1.807) is 0 Å². The fourth-order valence-corrected chi connectivity index (χ4v) is 4.02. The molecule has 2 saturated heterocycles. The van der Waals surface area contributed by atoms with Crippen LogP contribution in [0.25, 0.3) is 10.8 Å². The molecule has 4 heteroatoms. The van der Waals surface area contributed by atoms with Gasteiger partial charge in [-0.1, -0.05) is 66.7 Å². The highest BCUT2D eigenvalue weighted by molar-refractivity contribution is 6.04. The van der Waals surface area contributed by atoms with Crippen molar-refractivity contribution in [2.45, 2.75) is 44.1 Å². The van der Waals surface area contributed by atoms with Crippen LogP contribution in [0.5, 0.6) is 0 Å². The van der Waals surface area contributed by atoms with Crippen molar-refractivity contribution in [1.29, 1.82) is 0 Å². The Hall–Kier alpha value is -2.53. The number of rotatable bonds is 4. The number of epoxide rings is 1. The summed E-state index contributed by atoms with van der Waals surface area (Å²) in [5.41, 5.74) is 1.70. The first kappa shape index (κ1) is 17.6. The lowest BCUT2D eigenvalue weighted by Crippen LogP contribution is -2.27. The second kappa shape index (κ2) is 6.52. The van der Waals surface area contributed by atoms with E-state index in [4.69, 9.17) is 14.2 Å². The summed E-state index contributed by atoms with van der Waals surface area (Å²) in [6, 6.07) is 23.8. The molecule has 0 saturated carbocycles. The molecule has 0 aliphatic carbocycles. The Morgan fingerprint density at radius 2 is 1.54 bits per heavy atom. The predicted octanol–water partition coefficient (Wildman–Crippen LogP) is 4.68. The van der Waals surface area contributed by atoms with Crippen molar-refractivity contribution in [1.82, 2.24) is 0 Å². The van der Waals surface area contributed by atoms with E-state index in [2.05, 4.69) is 0 Å². The minimum absolute atomic E-state index is 0.00382. The SMILES string of the molecule is CC1(C)O[C@H]([C@@H]2O[C@H]2C(=O)c2ccc3ccccc3c2)[C@@H](c2ccccc2)O1. The molecule has 28 heavy (non-hydrogen) atoms. The summed E-state index contributed by atoms with van der Waals surface area (Å²) in [6.45, 7) is 3.79. The number of Topliss-reactive ketones (excluding diaryl/α,β-unsaturated/α-hetero) is 1. The summed E-state index contributed by atoms with van der Waals surface area (Å²) in [7, 11) is 0. The van der Waals surface area contributed by atoms with Crippen LogP contribution in [0.15, 0.2) is 72.8 Å². The highest BCUT2D eigenvalue weighted by atomic mass is 16.8. The summed E-state index contributed by atoms with van der Waals surface area (Å²) in [4.78, 5) is 13.0. The molecule has 0 spiro atoms. The molecule has 0 N–H and O–H groups in total. The third-order valence-corrected chi connectivity index (χ3v) is 5.40. The predicted molar refractivity (Wildman–Crippen MR) is 106 cm³/mol. The van der Waals surface area contributed by atoms with Crippen molar-refractivity contribution < 1.29 is 19.0 Å². The van der Waals surface area contributed by atoms with E-state index in [1.807, 2.05) is 86.6 Å². The minimum Gasteiger partial charge on any atom is -0.358 e. The fourth-order valence-electron chi connectivity index (χ4n) is 4.02. The fraction of sp³-hybridized carbons (Fsp3) is 0.292. The first-order chi connectivity index (χ1) is 13.5. The summed E-state index contributed by atoms with van der Waals surface area (Å²) >= 11 is 0. The number of hydrogen-bond acceptors (Lipinski definition) is 4. The Bertz CT molecular complexity index is 1030. The van der Waals surface area contributed by atoms with Gasteiger partial charge in [0, 0.05) is 5.56 Å². The number of carbonyl (C=O) groups is 1. The maximum atomic E-state index is 13.0. The van der Waals surface area contributed by atoms with Gasteiger partial charge in [0.1, 0.15) is 24.4 Å². The highest BCUT2D eigenvalue weighted by Crippen LogP contribution is 2.46. The standard InChI is InChI=1S/C24H22O4/c1-24(2)27-20(16-9-4-3-5-10-16)23(28-24)22-21(26-22)19(25)18-13-12-15-8-6-7-11-17(15)14-18/h3-14,20-23H,1-2H3/t20-,21+,22-,23+/m1/s1. The lowest BCUT2D eigenvalue weighted by Gasteiger charge is -2.16. The van der Waals surface area contributed by atoms with Crippen LogP contribution in [0.2, 0.25) is 0 Å². The number of benzene rings is 3. The van der Waals surface area contributed by atoms with Crippen LogP contribution in [0, 0.1) is 0 Å². The number of ether oxygens (including phenoxy) is 3. The maximum Gasteiger partial charge on any atom is 0.194 e. The topological polar surface area (TPSA) is 48.1 Å². The molecular formula is C24H22O4. The van der Waals surface area contributed by atoms with E-state index in [9.17, 15) is 4.79 Å². The summed E-state index contributed by atoms with van der Waals surface area (Å²) < 4.78 is 18.1.